The van der Waals surface area contributed by atoms with Gasteiger partial charge in [0.15, 0.2) is 0 Å². The highest BCUT2D eigenvalue weighted by atomic mass is 16.4. The molecule has 0 saturated carbocycles. The van der Waals surface area contributed by atoms with E-state index in [1.807, 2.05) is 13.1 Å². The van der Waals surface area contributed by atoms with Crippen LogP contribution in [0.5, 0.6) is 0 Å². The smallest absolute Gasteiger partial charge is 0.335 e. The molecule has 0 saturated heterocycles. The summed E-state index contributed by atoms with van der Waals surface area (Å²) in [5.74, 6) is -0.863. The van der Waals surface area contributed by atoms with E-state index in [2.05, 4.69) is 9.88 Å². The highest BCUT2D eigenvalue weighted by molar-refractivity contribution is 5.95. The van der Waals surface area contributed by atoms with Crippen molar-refractivity contribution in [1.29, 1.82) is 0 Å². The number of fused-ring (bicyclic) bond motifs is 3. The van der Waals surface area contributed by atoms with E-state index < -0.39 is 5.97 Å². The van der Waals surface area contributed by atoms with Crippen LogP contribution in [0.1, 0.15) is 21.6 Å². The maximum atomic E-state index is 11.0. The van der Waals surface area contributed by atoms with Crippen LogP contribution in [0.15, 0.2) is 18.2 Å². The molecule has 2 aromatic rings. The zero-order valence-electron chi connectivity index (χ0n) is 9.66. The van der Waals surface area contributed by atoms with E-state index in [0.29, 0.717) is 5.56 Å². The molecule has 1 aliphatic heterocycles. The largest absolute Gasteiger partial charge is 0.478 e. The monoisotopic (exact) mass is 230 g/mol. The van der Waals surface area contributed by atoms with Crippen molar-refractivity contribution in [2.24, 2.45) is 7.05 Å². The molecule has 4 heteroatoms. The maximum absolute atomic E-state index is 11.0. The summed E-state index contributed by atoms with van der Waals surface area (Å²) in [5, 5.41) is 13.5. The van der Waals surface area contributed by atoms with E-state index in [1.54, 1.807) is 12.1 Å². The van der Waals surface area contributed by atoms with Crippen molar-refractivity contribution in [3.05, 3.63) is 35.0 Å². The van der Waals surface area contributed by atoms with Crippen LogP contribution < -0.4 is 5.32 Å². The van der Waals surface area contributed by atoms with Gasteiger partial charge in [-0.15, -0.1) is 0 Å². The van der Waals surface area contributed by atoms with Crippen molar-refractivity contribution in [1.82, 2.24) is 9.88 Å². The molecule has 0 fully saturated rings. The molecule has 0 spiro atoms. The number of benzene rings is 1. The van der Waals surface area contributed by atoms with Gasteiger partial charge in [-0.1, -0.05) is 0 Å². The predicted octanol–water partition coefficient (Wildman–Crippen LogP) is 1.52. The fourth-order valence-corrected chi connectivity index (χ4v) is 2.63. The fraction of sp³-hybridized carbons (Fsp3) is 0.308. The summed E-state index contributed by atoms with van der Waals surface area (Å²) in [6, 6.07) is 5.36. The second-order valence-electron chi connectivity index (χ2n) is 4.45. The van der Waals surface area contributed by atoms with Gasteiger partial charge in [0.2, 0.25) is 0 Å². The van der Waals surface area contributed by atoms with Gasteiger partial charge >= 0.3 is 5.97 Å². The van der Waals surface area contributed by atoms with E-state index in [0.717, 1.165) is 30.4 Å². The zero-order valence-corrected chi connectivity index (χ0v) is 9.66. The van der Waals surface area contributed by atoms with Gasteiger partial charge in [0.25, 0.3) is 0 Å². The Labute approximate surface area is 98.9 Å². The third kappa shape index (κ3) is 1.45. The van der Waals surface area contributed by atoms with Crippen molar-refractivity contribution in [3.63, 3.8) is 0 Å². The number of aromatic carboxylic acids is 1. The summed E-state index contributed by atoms with van der Waals surface area (Å²) in [5.41, 5.74) is 4.05. The lowest BCUT2D eigenvalue weighted by Crippen LogP contribution is -2.24. The number of nitrogens with one attached hydrogen (secondary N) is 1. The molecule has 1 aliphatic rings. The highest BCUT2D eigenvalue weighted by Gasteiger charge is 2.18. The molecule has 1 aromatic heterocycles. The van der Waals surface area contributed by atoms with Crippen molar-refractivity contribution in [2.75, 3.05) is 6.54 Å². The Bertz CT molecular complexity index is 613. The molecule has 88 valence electrons. The lowest BCUT2D eigenvalue weighted by molar-refractivity contribution is 0.0697. The average Bonchev–Trinajstić information content (AvgIpc) is 2.64. The van der Waals surface area contributed by atoms with Crippen LogP contribution in [0, 0.1) is 0 Å². The minimum atomic E-state index is -0.863. The van der Waals surface area contributed by atoms with Crippen LogP contribution in [0.4, 0.5) is 0 Å². The predicted molar refractivity (Wildman–Crippen MR) is 65.3 cm³/mol. The lowest BCUT2D eigenvalue weighted by Gasteiger charge is -2.14. The zero-order chi connectivity index (χ0) is 12.0. The van der Waals surface area contributed by atoms with Crippen LogP contribution in [-0.2, 0) is 20.0 Å². The average molecular weight is 230 g/mol. The maximum Gasteiger partial charge on any atom is 0.335 e. The van der Waals surface area contributed by atoms with Crippen LogP contribution in [0.2, 0.25) is 0 Å². The molecular formula is C13H14N2O2. The Balaban J connectivity index is 2.32. The summed E-state index contributed by atoms with van der Waals surface area (Å²) in [7, 11) is 2.04. The molecule has 2 N–H and O–H groups in total. The molecule has 4 nitrogen and oxygen atoms in total. The van der Waals surface area contributed by atoms with E-state index in [1.165, 1.54) is 11.3 Å². The first-order valence-electron chi connectivity index (χ1n) is 5.72. The molecular weight excluding hydrogens is 216 g/mol. The minimum absolute atomic E-state index is 0.365. The normalized spacial score (nSPS) is 14.9. The Morgan fingerprint density at radius 1 is 1.47 bits per heavy atom. The van der Waals surface area contributed by atoms with Crippen LogP contribution in [0.3, 0.4) is 0 Å². The molecule has 17 heavy (non-hydrogen) atoms. The van der Waals surface area contributed by atoms with E-state index in [9.17, 15) is 4.79 Å². The van der Waals surface area contributed by atoms with Gasteiger partial charge in [-0.2, -0.15) is 0 Å². The summed E-state index contributed by atoms with van der Waals surface area (Å²) >= 11 is 0. The molecule has 0 radical (unpaired) electrons. The summed E-state index contributed by atoms with van der Waals surface area (Å²) in [4.78, 5) is 11.0. The second kappa shape index (κ2) is 3.60. The summed E-state index contributed by atoms with van der Waals surface area (Å²) < 4.78 is 2.16. The van der Waals surface area contributed by atoms with E-state index >= 15 is 0 Å². The van der Waals surface area contributed by atoms with Gasteiger partial charge in [0, 0.05) is 30.2 Å². The van der Waals surface area contributed by atoms with Gasteiger partial charge in [0.05, 0.1) is 5.56 Å². The molecule has 2 heterocycles. The van der Waals surface area contributed by atoms with Crippen LogP contribution >= 0.6 is 0 Å². The number of hydrogen-bond acceptors (Lipinski definition) is 2. The molecule has 0 aliphatic carbocycles. The highest BCUT2D eigenvalue weighted by Crippen LogP contribution is 2.28. The number of rotatable bonds is 1. The first-order valence-corrected chi connectivity index (χ1v) is 5.72. The Morgan fingerprint density at radius 2 is 2.29 bits per heavy atom. The quantitative estimate of drug-likeness (QED) is 0.781. The fourth-order valence-electron chi connectivity index (χ4n) is 2.63. The van der Waals surface area contributed by atoms with Gasteiger partial charge in [0.1, 0.15) is 0 Å². The molecule has 1 aromatic carbocycles. The van der Waals surface area contributed by atoms with Crippen molar-refractivity contribution >= 4 is 16.9 Å². The number of carboxylic acids is 1. The standard InChI is InChI=1S/C13H14N2O2/c1-15-11-3-2-8(13(16)17)6-10(11)9-4-5-14-7-12(9)15/h2-3,6,14H,4-5,7H2,1H3,(H,16,17). The van der Waals surface area contributed by atoms with Gasteiger partial charge in [-0.05, 0) is 36.7 Å². The molecule has 0 amide bonds. The minimum Gasteiger partial charge on any atom is -0.478 e. The molecule has 0 atom stereocenters. The number of aromatic nitrogens is 1. The molecule has 3 rings (SSSR count). The van der Waals surface area contributed by atoms with Crippen molar-refractivity contribution < 1.29 is 9.90 Å². The number of carbonyl (C=O) groups is 1. The molecule has 0 unspecified atom stereocenters. The van der Waals surface area contributed by atoms with E-state index in [4.69, 9.17) is 5.11 Å². The topological polar surface area (TPSA) is 54.3 Å². The number of aryl methyl sites for hydroxylation is 1. The number of nitrogens with zero attached hydrogens (tertiary/aromatic N) is 1. The van der Waals surface area contributed by atoms with Gasteiger partial charge < -0.3 is 15.0 Å². The first-order chi connectivity index (χ1) is 8.18. The first kappa shape index (κ1) is 10.4. The van der Waals surface area contributed by atoms with Gasteiger partial charge in [-0.3, -0.25) is 0 Å². The Morgan fingerprint density at radius 3 is 3.06 bits per heavy atom. The second-order valence-corrected chi connectivity index (χ2v) is 4.45. The number of hydrogen-bond donors (Lipinski definition) is 2. The Hall–Kier alpha value is -1.81. The van der Waals surface area contributed by atoms with Crippen molar-refractivity contribution in [2.45, 2.75) is 13.0 Å². The summed E-state index contributed by atoms with van der Waals surface area (Å²) in [6.45, 7) is 1.83. The lowest BCUT2D eigenvalue weighted by atomic mass is 10.0. The third-order valence-corrected chi connectivity index (χ3v) is 3.53. The Kier molecular flexibility index (Phi) is 2.19. The van der Waals surface area contributed by atoms with Crippen LogP contribution in [0.25, 0.3) is 10.9 Å². The number of carboxylic acid groups (broad SMARTS) is 1. The van der Waals surface area contributed by atoms with Crippen LogP contribution in [-0.4, -0.2) is 22.2 Å². The van der Waals surface area contributed by atoms with Gasteiger partial charge in [-0.25, -0.2) is 4.79 Å². The summed E-state index contributed by atoms with van der Waals surface area (Å²) in [6.07, 6.45) is 0.968. The molecule has 0 bridgehead atoms. The third-order valence-electron chi connectivity index (χ3n) is 3.53. The van der Waals surface area contributed by atoms with Crippen molar-refractivity contribution in [3.8, 4) is 0 Å². The SMILES string of the molecule is Cn1c2c(c3cc(C(=O)O)ccc31)CCNC2. The van der Waals surface area contributed by atoms with E-state index in [-0.39, 0.29) is 0 Å².